The molecule has 0 bridgehead atoms. The molecule has 0 N–H and O–H groups in total. The normalized spacial score (nSPS) is 31.5. The average Bonchev–Trinajstić information content (AvgIpc) is 2.76. The highest BCUT2D eigenvalue weighted by molar-refractivity contribution is 5.82. The Balaban J connectivity index is 1.90. The van der Waals surface area contributed by atoms with Crippen LogP contribution in [0.2, 0.25) is 0 Å². The maximum absolute atomic E-state index is 11.8. The molecule has 2 fully saturated rings. The highest BCUT2D eigenvalue weighted by Crippen LogP contribution is 2.52. The SMILES string of the molecule is CC1(C)CC1C(=O)N1CCCOC1. The molecule has 1 saturated heterocycles. The molecule has 3 nitrogen and oxygen atoms in total. The van der Waals surface area contributed by atoms with Crippen LogP contribution in [0.25, 0.3) is 0 Å². The molecule has 1 saturated carbocycles. The second-order valence-electron chi connectivity index (χ2n) is 4.74. The van der Waals surface area contributed by atoms with Crippen LogP contribution in [0.15, 0.2) is 0 Å². The van der Waals surface area contributed by atoms with Crippen molar-refractivity contribution in [3.05, 3.63) is 0 Å². The van der Waals surface area contributed by atoms with Crippen molar-refractivity contribution < 1.29 is 9.53 Å². The van der Waals surface area contributed by atoms with Crippen LogP contribution in [0.3, 0.4) is 0 Å². The zero-order chi connectivity index (χ0) is 9.47. The summed E-state index contributed by atoms with van der Waals surface area (Å²) in [6, 6.07) is 0. The zero-order valence-corrected chi connectivity index (χ0v) is 8.38. The number of rotatable bonds is 1. The number of nitrogens with zero attached hydrogens (tertiary/aromatic N) is 1. The van der Waals surface area contributed by atoms with E-state index < -0.39 is 0 Å². The third-order valence-electron chi connectivity index (χ3n) is 3.09. The Labute approximate surface area is 79.0 Å². The Morgan fingerprint density at radius 1 is 1.54 bits per heavy atom. The van der Waals surface area contributed by atoms with Crippen LogP contribution in [-0.2, 0) is 9.53 Å². The second-order valence-corrected chi connectivity index (χ2v) is 4.74. The first-order valence-electron chi connectivity index (χ1n) is 4.98. The quantitative estimate of drug-likeness (QED) is 0.612. The van der Waals surface area contributed by atoms with Gasteiger partial charge in [-0.3, -0.25) is 4.79 Å². The van der Waals surface area contributed by atoms with E-state index in [-0.39, 0.29) is 11.3 Å². The van der Waals surface area contributed by atoms with Gasteiger partial charge < -0.3 is 9.64 Å². The highest BCUT2D eigenvalue weighted by Gasteiger charge is 2.51. The standard InChI is InChI=1S/C10H17NO2/c1-10(2)6-8(10)9(12)11-4-3-5-13-7-11/h8H,3-7H2,1-2H3. The Hall–Kier alpha value is -0.570. The van der Waals surface area contributed by atoms with Crippen molar-refractivity contribution in [2.45, 2.75) is 26.7 Å². The van der Waals surface area contributed by atoms with E-state index in [1.54, 1.807) is 0 Å². The van der Waals surface area contributed by atoms with Gasteiger partial charge >= 0.3 is 0 Å². The Bertz CT molecular complexity index is 219. The summed E-state index contributed by atoms with van der Waals surface area (Å²) in [6.45, 7) is 6.50. The van der Waals surface area contributed by atoms with Crippen molar-refractivity contribution in [2.24, 2.45) is 11.3 Å². The van der Waals surface area contributed by atoms with Crippen LogP contribution < -0.4 is 0 Å². The number of carbonyl (C=O) groups is 1. The van der Waals surface area contributed by atoms with E-state index in [1.165, 1.54) is 0 Å². The van der Waals surface area contributed by atoms with E-state index in [4.69, 9.17) is 4.74 Å². The molecule has 2 aliphatic rings. The van der Waals surface area contributed by atoms with Crippen molar-refractivity contribution in [1.29, 1.82) is 0 Å². The van der Waals surface area contributed by atoms with E-state index in [9.17, 15) is 4.79 Å². The minimum Gasteiger partial charge on any atom is -0.361 e. The van der Waals surface area contributed by atoms with Crippen LogP contribution in [0.4, 0.5) is 0 Å². The van der Waals surface area contributed by atoms with Crippen LogP contribution in [0.5, 0.6) is 0 Å². The molecule has 1 heterocycles. The topological polar surface area (TPSA) is 29.5 Å². The van der Waals surface area contributed by atoms with Gasteiger partial charge in [0, 0.05) is 12.5 Å². The summed E-state index contributed by atoms with van der Waals surface area (Å²) in [7, 11) is 0. The second kappa shape index (κ2) is 2.98. The van der Waals surface area contributed by atoms with E-state index >= 15 is 0 Å². The van der Waals surface area contributed by atoms with Crippen molar-refractivity contribution in [3.8, 4) is 0 Å². The number of ether oxygens (including phenoxy) is 1. The summed E-state index contributed by atoms with van der Waals surface area (Å²) in [5.41, 5.74) is 0.245. The van der Waals surface area contributed by atoms with Crippen LogP contribution in [0, 0.1) is 11.3 Å². The minimum absolute atomic E-state index is 0.245. The molecule has 3 heteroatoms. The van der Waals surface area contributed by atoms with Crippen molar-refractivity contribution in [2.75, 3.05) is 19.9 Å². The molecule has 1 aliphatic heterocycles. The third kappa shape index (κ3) is 1.70. The molecule has 1 amide bonds. The molecule has 1 atom stereocenters. The summed E-state index contributed by atoms with van der Waals surface area (Å²) < 4.78 is 5.25. The molecule has 0 aromatic rings. The van der Waals surface area contributed by atoms with Gasteiger partial charge in [-0.1, -0.05) is 13.8 Å². The monoisotopic (exact) mass is 183 g/mol. The molecule has 1 aliphatic carbocycles. The van der Waals surface area contributed by atoms with Gasteiger partial charge in [-0.15, -0.1) is 0 Å². The number of hydrogen-bond acceptors (Lipinski definition) is 2. The highest BCUT2D eigenvalue weighted by atomic mass is 16.5. The molecule has 74 valence electrons. The van der Waals surface area contributed by atoms with Crippen molar-refractivity contribution in [3.63, 3.8) is 0 Å². The van der Waals surface area contributed by atoms with E-state index in [0.29, 0.717) is 12.6 Å². The molecular weight excluding hydrogens is 166 g/mol. The fraction of sp³-hybridized carbons (Fsp3) is 0.900. The molecule has 2 rings (SSSR count). The molecule has 0 spiro atoms. The molecule has 0 radical (unpaired) electrons. The van der Waals surface area contributed by atoms with Crippen LogP contribution >= 0.6 is 0 Å². The molecule has 0 aromatic carbocycles. The van der Waals surface area contributed by atoms with E-state index in [0.717, 1.165) is 26.0 Å². The van der Waals surface area contributed by atoms with Crippen molar-refractivity contribution in [1.82, 2.24) is 4.90 Å². The number of carbonyl (C=O) groups excluding carboxylic acids is 1. The fourth-order valence-electron chi connectivity index (χ4n) is 1.88. The van der Waals surface area contributed by atoms with Gasteiger partial charge in [0.1, 0.15) is 6.73 Å². The molecule has 13 heavy (non-hydrogen) atoms. The lowest BCUT2D eigenvalue weighted by atomic mass is 10.1. The summed E-state index contributed by atoms with van der Waals surface area (Å²) in [5, 5.41) is 0. The van der Waals surface area contributed by atoms with Gasteiger partial charge in [0.15, 0.2) is 0 Å². The zero-order valence-electron chi connectivity index (χ0n) is 8.38. The Kier molecular flexibility index (Phi) is 2.06. The number of amides is 1. The van der Waals surface area contributed by atoms with Gasteiger partial charge in [-0.05, 0) is 18.3 Å². The first-order valence-corrected chi connectivity index (χ1v) is 4.98. The van der Waals surface area contributed by atoms with Gasteiger partial charge in [0.25, 0.3) is 0 Å². The number of hydrogen-bond donors (Lipinski definition) is 0. The summed E-state index contributed by atoms with van der Waals surface area (Å²) in [4.78, 5) is 13.7. The lowest BCUT2D eigenvalue weighted by molar-refractivity contribution is -0.142. The van der Waals surface area contributed by atoms with E-state index in [1.807, 2.05) is 4.90 Å². The lowest BCUT2D eigenvalue weighted by Gasteiger charge is -2.27. The maximum Gasteiger partial charge on any atom is 0.228 e. The summed E-state index contributed by atoms with van der Waals surface area (Å²) in [5.74, 6) is 0.555. The smallest absolute Gasteiger partial charge is 0.228 e. The predicted octanol–water partition coefficient (Wildman–Crippen LogP) is 1.24. The third-order valence-corrected chi connectivity index (χ3v) is 3.09. The average molecular weight is 183 g/mol. The summed E-state index contributed by atoms with van der Waals surface area (Å²) in [6.07, 6.45) is 2.03. The predicted molar refractivity (Wildman–Crippen MR) is 49.0 cm³/mol. The molecular formula is C10H17NO2. The van der Waals surface area contributed by atoms with E-state index in [2.05, 4.69) is 13.8 Å². The first kappa shape index (κ1) is 9.00. The fourth-order valence-corrected chi connectivity index (χ4v) is 1.88. The van der Waals surface area contributed by atoms with Gasteiger partial charge in [-0.25, -0.2) is 0 Å². The Morgan fingerprint density at radius 3 is 2.69 bits per heavy atom. The van der Waals surface area contributed by atoms with Gasteiger partial charge in [0.2, 0.25) is 5.91 Å². The lowest BCUT2D eigenvalue weighted by Crippen LogP contribution is -2.39. The minimum atomic E-state index is 0.245. The molecule has 0 aromatic heterocycles. The Morgan fingerprint density at radius 2 is 2.23 bits per heavy atom. The summed E-state index contributed by atoms with van der Waals surface area (Å²) >= 11 is 0. The van der Waals surface area contributed by atoms with Crippen LogP contribution in [-0.4, -0.2) is 30.7 Å². The van der Waals surface area contributed by atoms with Crippen molar-refractivity contribution >= 4 is 5.91 Å². The molecule has 1 unspecified atom stereocenters. The largest absolute Gasteiger partial charge is 0.361 e. The first-order chi connectivity index (χ1) is 6.11. The van der Waals surface area contributed by atoms with Crippen LogP contribution in [0.1, 0.15) is 26.7 Å². The van der Waals surface area contributed by atoms with Gasteiger partial charge in [0.05, 0.1) is 6.61 Å². The van der Waals surface area contributed by atoms with Gasteiger partial charge in [-0.2, -0.15) is 0 Å². The maximum atomic E-state index is 11.8.